The van der Waals surface area contributed by atoms with Crippen LogP contribution >= 0.6 is 0 Å². The number of para-hydroxylation sites is 1. The van der Waals surface area contributed by atoms with E-state index in [2.05, 4.69) is 10.3 Å². The number of likely N-dealkylation sites (tertiary alicyclic amines) is 1. The molecule has 2 aromatic carbocycles. The van der Waals surface area contributed by atoms with Crippen molar-refractivity contribution in [2.75, 3.05) is 5.32 Å². The molecule has 6 atom stereocenters. The molecule has 0 bridgehead atoms. The van der Waals surface area contributed by atoms with Crippen LogP contribution in [0.15, 0.2) is 47.5 Å². The Bertz CT molecular complexity index is 1510. The predicted octanol–water partition coefficient (Wildman–Crippen LogP) is 5.90. The fraction of sp³-hybridized carbons (Fsp3) is 0.484. The molecule has 7 nitrogen and oxygen atoms in total. The molecule has 2 aliphatic carbocycles. The summed E-state index contributed by atoms with van der Waals surface area (Å²) >= 11 is 0. The lowest BCUT2D eigenvalue weighted by atomic mass is 9.72. The highest BCUT2D eigenvalue weighted by Crippen LogP contribution is 2.46. The van der Waals surface area contributed by atoms with Gasteiger partial charge in [-0.15, -0.1) is 0 Å². The van der Waals surface area contributed by atoms with Gasteiger partial charge in [-0.2, -0.15) is 13.2 Å². The molecule has 44 heavy (non-hydrogen) atoms. The average molecular weight is 622 g/mol. The molecule has 1 saturated heterocycles. The number of alkyl halides is 5. The van der Waals surface area contributed by atoms with Crippen molar-refractivity contribution in [3.05, 3.63) is 59.4 Å². The van der Waals surface area contributed by atoms with Crippen LogP contribution in [0.25, 0.3) is 0 Å². The number of carbonyl (C=O) groups excluding carboxylic acids is 3. The SMILES string of the molecule is O=C1Nc2c(OC3CC3)cccc2C(c2cccc(F)c2)=N[C@H]1N1C(=O)[C@H](C2CCCC(F)C2F)[C@@H](CCC(F)(F)F)C1=O. The third-order valence-electron chi connectivity index (χ3n) is 8.66. The molecule has 3 fully saturated rings. The van der Waals surface area contributed by atoms with E-state index in [-0.39, 0.29) is 48.1 Å². The zero-order chi connectivity index (χ0) is 31.3. The van der Waals surface area contributed by atoms with E-state index in [4.69, 9.17) is 4.74 Å². The van der Waals surface area contributed by atoms with Crippen LogP contribution in [0, 0.1) is 23.6 Å². The van der Waals surface area contributed by atoms with E-state index >= 15 is 4.39 Å². The second-order valence-corrected chi connectivity index (χ2v) is 11.7. The van der Waals surface area contributed by atoms with Crippen LogP contribution in [0.1, 0.15) is 56.1 Å². The van der Waals surface area contributed by atoms with Gasteiger partial charge in [-0.3, -0.25) is 14.4 Å². The topological polar surface area (TPSA) is 88.1 Å². The highest BCUT2D eigenvalue weighted by Gasteiger charge is 2.57. The molecular weight excluding hydrogens is 592 g/mol. The molecule has 0 spiro atoms. The Morgan fingerprint density at radius 1 is 0.977 bits per heavy atom. The quantitative estimate of drug-likeness (QED) is 0.308. The third kappa shape index (κ3) is 5.80. The van der Waals surface area contributed by atoms with Crippen molar-refractivity contribution >= 4 is 29.1 Å². The zero-order valence-corrected chi connectivity index (χ0v) is 23.3. The Morgan fingerprint density at radius 2 is 1.73 bits per heavy atom. The molecule has 13 heteroatoms. The molecule has 0 aromatic heterocycles. The first-order chi connectivity index (χ1) is 20.9. The van der Waals surface area contributed by atoms with Crippen molar-refractivity contribution in [2.24, 2.45) is 22.7 Å². The van der Waals surface area contributed by atoms with Gasteiger partial charge < -0.3 is 10.1 Å². The van der Waals surface area contributed by atoms with Crippen LogP contribution in [-0.4, -0.2) is 59.1 Å². The summed E-state index contributed by atoms with van der Waals surface area (Å²) in [5.41, 5.74) is 0.669. The fourth-order valence-electron chi connectivity index (χ4n) is 6.43. The number of amides is 3. The summed E-state index contributed by atoms with van der Waals surface area (Å²) in [7, 11) is 0. The summed E-state index contributed by atoms with van der Waals surface area (Å²) < 4.78 is 89.8. The van der Waals surface area contributed by atoms with E-state index in [1.165, 1.54) is 18.2 Å². The number of anilines is 1. The number of nitrogens with one attached hydrogen (secondary N) is 1. The summed E-state index contributed by atoms with van der Waals surface area (Å²) in [5, 5.41) is 2.66. The number of hydrogen-bond acceptors (Lipinski definition) is 5. The van der Waals surface area contributed by atoms with E-state index in [1.807, 2.05) is 0 Å². The van der Waals surface area contributed by atoms with Gasteiger partial charge in [0.2, 0.25) is 18.0 Å². The normalized spacial score (nSPS) is 29.2. The molecule has 2 saturated carbocycles. The molecule has 234 valence electrons. The zero-order valence-electron chi connectivity index (χ0n) is 23.3. The average Bonchev–Trinajstić information content (AvgIpc) is 3.76. The summed E-state index contributed by atoms with van der Waals surface area (Å²) in [6.45, 7) is 0. The summed E-state index contributed by atoms with van der Waals surface area (Å²) in [4.78, 5) is 46.5. The van der Waals surface area contributed by atoms with Gasteiger partial charge >= 0.3 is 6.18 Å². The molecule has 6 rings (SSSR count). The van der Waals surface area contributed by atoms with Crippen LogP contribution in [-0.2, 0) is 14.4 Å². The number of halogens is 6. The van der Waals surface area contributed by atoms with Gasteiger partial charge in [0.05, 0.1) is 29.3 Å². The van der Waals surface area contributed by atoms with Crippen molar-refractivity contribution in [1.29, 1.82) is 0 Å². The molecular formula is C31H29F6N3O4. The van der Waals surface area contributed by atoms with Crippen LogP contribution in [0.3, 0.4) is 0 Å². The maximum absolute atomic E-state index is 15.2. The third-order valence-corrected chi connectivity index (χ3v) is 8.66. The van der Waals surface area contributed by atoms with Crippen molar-refractivity contribution in [3.63, 3.8) is 0 Å². The number of imide groups is 1. The minimum atomic E-state index is -4.69. The number of carbonyl (C=O) groups is 3. The standard InChI is InChI=1S/C31H29F6N3O4/c32-16-5-1-4-15(14-16)25-20-7-3-9-22(44-17-10-11-17)26(20)39-28(41)27(38-25)40-29(42)19(12-13-31(35,36)37)23(30(40)43)18-6-2-8-21(33)24(18)34/h1,3-5,7,9,14,17-19,21,23-24,27H,2,6,8,10-13H2,(H,39,41)/t18?,19-,21?,23-,24?,27+/m1/s1. The first-order valence-electron chi connectivity index (χ1n) is 14.6. The van der Waals surface area contributed by atoms with E-state index in [0.717, 1.165) is 18.9 Å². The van der Waals surface area contributed by atoms with E-state index in [9.17, 15) is 36.3 Å². The van der Waals surface area contributed by atoms with Crippen LogP contribution < -0.4 is 10.1 Å². The van der Waals surface area contributed by atoms with Gasteiger partial charge in [-0.05, 0) is 50.3 Å². The number of ether oxygens (including phenoxy) is 1. The van der Waals surface area contributed by atoms with Crippen molar-refractivity contribution in [3.8, 4) is 5.75 Å². The maximum atomic E-state index is 15.2. The smallest absolute Gasteiger partial charge is 0.389 e. The molecule has 4 aliphatic rings. The van der Waals surface area contributed by atoms with Gasteiger partial charge in [-0.1, -0.05) is 30.7 Å². The number of fused-ring (bicyclic) bond motifs is 1. The Morgan fingerprint density at radius 3 is 2.43 bits per heavy atom. The second kappa shape index (κ2) is 11.6. The Hall–Kier alpha value is -3.90. The van der Waals surface area contributed by atoms with Crippen LogP contribution in [0.2, 0.25) is 0 Å². The van der Waals surface area contributed by atoms with E-state index in [0.29, 0.717) is 10.5 Å². The van der Waals surface area contributed by atoms with Crippen molar-refractivity contribution in [1.82, 2.24) is 4.90 Å². The predicted molar refractivity (Wildman–Crippen MR) is 146 cm³/mol. The Balaban J connectivity index is 1.44. The number of benzene rings is 2. The molecule has 3 amide bonds. The lowest BCUT2D eigenvalue weighted by molar-refractivity contribution is -0.147. The number of nitrogens with zero attached hydrogens (tertiary/aromatic N) is 2. The summed E-state index contributed by atoms with van der Waals surface area (Å²) in [6.07, 6.45) is -11.4. The molecule has 1 N–H and O–H groups in total. The van der Waals surface area contributed by atoms with Gasteiger partial charge in [0.15, 0.2) is 0 Å². The number of benzodiazepines with no additional fused rings is 1. The summed E-state index contributed by atoms with van der Waals surface area (Å²) in [5.74, 6) is -8.15. The van der Waals surface area contributed by atoms with Crippen LogP contribution in [0.4, 0.5) is 32.0 Å². The second-order valence-electron chi connectivity index (χ2n) is 11.7. The largest absolute Gasteiger partial charge is 0.488 e. The fourth-order valence-corrected chi connectivity index (χ4v) is 6.43. The molecule has 2 aromatic rings. The lowest BCUT2D eigenvalue weighted by Gasteiger charge is -2.34. The highest BCUT2D eigenvalue weighted by atomic mass is 19.4. The van der Waals surface area contributed by atoms with Crippen LogP contribution in [0.5, 0.6) is 5.75 Å². The summed E-state index contributed by atoms with van der Waals surface area (Å²) in [6, 6.07) is 10.1. The van der Waals surface area contributed by atoms with Crippen molar-refractivity contribution < 1.29 is 45.5 Å². The first kappa shape index (κ1) is 30.1. The van der Waals surface area contributed by atoms with Gasteiger partial charge in [0.1, 0.15) is 23.9 Å². The van der Waals surface area contributed by atoms with Crippen molar-refractivity contribution in [2.45, 2.75) is 75.7 Å². The number of rotatable bonds is 7. The molecule has 2 aliphatic heterocycles. The Kier molecular flexibility index (Phi) is 7.91. The van der Waals surface area contributed by atoms with E-state index < -0.39 is 78.8 Å². The highest BCUT2D eigenvalue weighted by molar-refractivity contribution is 6.21. The van der Waals surface area contributed by atoms with E-state index in [1.54, 1.807) is 18.2 Å². The first-order valence-corrected chi connectivity index (χ1v) is 14.6. The minimum absolute atomic E-state index is 0.0103. The molecule has 0 radical (unpaired) electrons. The number of aliphatic imine (C=N–C) groups is 1. The monoisotopic (exact) mass is 621 g/mol. The number of hydrogen-bond donors (Lipinski definition) is 1. The lowest BCUT2D eigenvalue weighted by Crippen LogP contribution is -2.47. The maximum Gasteiger partial charge on any atom is 0.389 e. The van der Waals surface area contributed by atoms with Gasteiger partial charge in [-0.25, -0.2) is 23.1 Å². The van der Waals surface area contributed by atoms with Gasteiger partial charge in [0.25, 0.3) is 5.91 Å². The Labute approximate surface area is 248 Å². The molecule has 2 heterocycles. The van der Waals surface area contributed by atoms with Gasteiger partial charge in [0, 0.05) is 23.5 Å². The minimum Gasteiger partial charge on any atom is -0.488 e. The molecule has 3 unspecified atom stereocenters.